The van der Waals surface area contributed by atoms with Crippen LogP contribution in [0.5, 0.6) is 0 Å². The van der Waals surface area contributed by atoms with E-state index in [1.165, 1.54) is 0 Å². The predicted octanol–water partition coefficient (Wildman–Crippen LogP) is 2.84. The van der Waals surface area contributed by atoms with Crippen LogP contribution >= 0.6 is 24.8 Å². The monoisotopic (exact) mass is 432 g/mol. The predicted molar refractivity (Wildman–Crippen MR) is 120 cm³/mol. The van der Waals surface area contributed by atoms with Gasteiger partial charge in [-0.15, -0.1) is 24.8 Å². The van der Waals surface area contributed by atoms with E-state index < -0.39 is 0 Å². The van der Waals surface area contributed by atoms with Crippen LogP contribution in [0.25, 0.3) is 0 Å². The molecule has 28 heavy (non-hydrogen) atoms. The van der Waals surface area contributed by atoms with Crippen LogP contribution in [-0.2, 0) is 4.79 Å². The molecule has 1 atom stereocenters. The van der Waals surface area contributed by atoms with Crippen molar-refractivity contribution >= 4 is 42.3 Å². The number of nitrogens with two attached hydrogens (primary N) is 1. The quantitative estimate of drug-likeness (QED) is 0.661. The lowest BCUT2D eigenvalue weighted by Crippen LogP contribution is -2.49. The lowest BCUT2D eigenvalue weighted by atomic mass is 10.0. The van der Waals surface area contributed by atoms with E-state index in [9.17, 15) is 9.59 Å². The Balaban J connectivity index is 0.00000364. The third-order valence-corrected chi connectivity index (χ3v) is 4.91. The van der Waals surface area contributed by atoms with E-state index in [1.807, 2.05) is 29.2 Å². The molecule has 0 spiro atoms. The molecular weight excluding hydrogens is 399 g/mol. The van der Waals surface area contributed by atoms with E-state index in [2.05, 4.69) is 24.2 Å². The molecule has 1 aromatic rings. The van der Waals surface area contributed by atoms with Gasteiger partial charge in [0.05, 0.1) is 0 Å². The van der Waals surface area contributed by atoms with Crippen LogP contribution in [0.3, 0.4) is 0 Å². The Hall–Kier alpha value is -1.50. The number of nitrogens with one attached hydrogen (secondary N) is 1. The molecular formula is C20H34Cl2N4O2. The zero-order valence-corrected chi connectivity index (χ0v) is 18.5. The van der Waals surface area contributed by atoms with Gasteiger partial charge in [0.15, 0.2) is 0 Å². The fourth-order valence-electron chi connectivity index (χ4n) is 3.42. The van der Waals surface area contributed by atoms with Crippen molar-refractivity contribution in [1.29, 1.82) is 0 Å². The zero-order valence-electron chi connectivity index (χ0n) is 16.9. The van der Waals surface area contributed by atoms with Gasteiger partial charge in [-0.25, -0.2) is 0 Å². The molecule has 3 N–H and O–H groups in total. The van der Waals surface area contributed by atoms with Crippen molar-refractivity contribution in [2.75, 3.05) is 38.1 Å². The van der Waals surface area contributed by atoms with Crippen LogP contribution in [0.1, 0.15) is 49.4 Å². The van der Waals surface area contributed by atoms with Crippen molar-refractivity contribution in [3.05, 3.63) is 29.8 Å². The smallest absolute Gasteiger partial charge is 0.254 e. The van der Waals surface area contributed by atoms with E-state index in [0.29, 0.717) is 25.1 Å². The lowest BCUT2D eigenvalue weighted by molar-refractivity contribution is -0.121. The normalized spacial score (nSPS) is 15.8. The number of carbonyl (C=O) groups is 2. The van der Waals surface area contributed by atoms with Gasteiger partial charge in [0.25, 0.3) is 5.91 Å². The van der Waals surface area contributed by atoms with E-state index in [0.717, 1.165) is 44.5 Å². The summed E-state index contributed by atoms with van der Waals surface area (Å²) in [6.45, 7) is 4.73. The van der Waals surface area contributed by atoms with E-state index >= 15 is 0 Å². The van der Waals surface area contributed by atoms with Gasteiger partial charge in [-0.2, -0.15) is 0 Å². The molecule has 8 heteroatoms. The molecule has 2 rings (SSSR count). The van der Waals surface area contributed by atoms with Gasteiger partial charge in [0, 0.05) is 56.9 Å². The van der Waals surface area contributed by atoms with Crippen LogP contribution in [0, 0.1) is 0 Å². The number of nitrogens with zero attached hydrogens (tertiary/aromatic N) is 2. The van der Waals surface area contributed by atoms with Crippen LogP contribution in [0.15, 0.2) is 24.3 Å². The summed E-state index contributed by atoms with van der Waals surface area (Å²) in [7, 11) is 2.06. The maximum absolute atomic E-state index is 13.0. The van der Waals surface area contributed by atoms with Crippen molar-refractivity contribution in [3.8, 4) is 0 Å². The number of likely N-dealkylation sites (tertiary alicyclic amines) is 1. The molecule has 1 saturated heterocycles. The number of hydrogen-bond donors (Lipinski definition) is 2. The molecule has 1 aromatic carbocycles. The molecule has 1 aliphatic heterocycles. The molecule has 0 aliphatic carbocycles. The topological polar surface area (TPSA) is 78.7 Å². The second-order valence-electron chi connectivity index (χ2n) is 6.96. The van der Waals surface area contributed by atoms with Gasteiger partial charge in [0.1, 0.15) is 0 Å². The molecule has 6 nitrogen and oxygen atoms in total. The summed E-state index contributed by atoms with van der Waals surface area (Å²) in [5.74, 6) is 0.00116. The number of amides is 2. The second kappa shape index (κ2) is 13.6. The molecule has 0 bridgehead atoms. The van der Waals surface area contributed by atoms with E-state index in [4.69, 9.17) is 5.73 Å². The molecule has 2 amide bonds. The Morgan fingerprint density at radius 1 is 1.21 bits per heavy atom. The summed E-state index contributed by atoms with van der Waals surface area (Å²) in [5, 5.41) is 2.91. The van der Waals surface area contributed by atoms with Crippen LogP contribution in [0.4, 0.5) is 5.69 Å². The Kier molecular flexibility index (Phi) is 12.9. The molecule has 1 heterocycles. The highest BCUT2D eigenvalue weighted by atomic mass is 35.5. The summed E-state index contributed by atoms with van der Waals surface area (Å²) in [6.07, 6.45) is 4.43. The molecule has 1 fully saturated rings. The summed E-state index contributed by atoms with van der Waals surface area (Å²) in [5.41, 5.74) is 7.24. The fraction of sp³-hybridized carbons (Fsp3) is 0.600. The van der Waals surface area contributed by atoms with Crippen molar-refractivity contribution in [2.45, 2.75) is 45.1 Å². The molecule has 0 aromatic heterocycles. The molecule has 1 aliphatic rings. The first-order chi connectivity index (χ1) is 12.6. The first kappa shape index (κ1) is 26.5. The van der Waals surface area contributed by atoms with Crippen molar-refractivity contribution < 1.29 is 9.59 Å². The number of halogens is 2. The molecule has 0 saturated carbocycles. The van der Waals surface area contributed by atoms with Crippen LogP contribution < -0.4 is 16.0 Å². The number of anilines is 1. The Bertz CT molecular complexity index is 598. The van der Waals surface area contributed by atoms with Gasteiger partial charge in [0.2, 0.25) is 5.91 Å². The minimum absolute atomic E-state index is 0. The highest BCUT2D eigenvalue weighted by Crippen LogP contribution is 2.21. The van der Waals surface area contributed by atoms with Gasteiger partial charge >= 0.3 is 0 Å². The Morgan fingerprint density at radius 3 is 2.50 bits per heavy atom. The van der Waals surface area contributed by atoms with Gasteiger partial charge < -0.3 is 20.9 Å². The number of benzene rings is 1. The minimum atomic E-state index is -0.0474. The molecule has 0 radical (unpaired) electrons. The highest BCUT2D eigenvalue weighted by Gasteiger charge is 2.27. The van der Waals surface area contributed by atoms with E-state index in [1.54, 1.807) is 0 Å². The number of piperidine rings is 1. The highest BCUT2D eigenvalue weighted by molar-refractivity contribution is 5.95. The van der Waals surface area contributed by atoms with Gasteiger partial charge in [-0.1, -0.05) is 6.92 Å². The zero-order chi connectivity index (χ0) is 18.9. The largest absolute Gasteiger partial charge is 0.375 e. The fourth-order valence-corrected chi connectivity index (χ4v) is 3.42. The first-order valence-corrected chi connectivity index (χ1v) is 9.65. The second-order valence-corrected chi connectivity index (χ2v) is 6.96. The van der Waals surface area contributed by atoms with Crippen LogP contribution in [-0.4, -0.2) is 56.0 Å². The van der Waals surface area contributed by atoms with Crippen molar-refractivity contribution in [2.24, 2.45) is 5.73 Å². The Labute approximate surface area is 181 Å². The standard InChI is InChI=1S/C20H32N4O2.2ClH/c1-3-13-23(2)17-9-7-16(8-10-17)20(26)24-14-5-4-6-18(24)15-22-19(25)11-12-21;;/h7-10,18H,3-6,11-15,21H2,1-2H3,(H,22,25);2*1H. The summed E-state index contributed by atoms with van der Waals surface area (Å²) in [6, 6.07) is 7.88. The summed E-state index contributed by atoms with van der Waals surface area (Å²) in [4.78, 5) is 28.8. The molecule has 160 valence electrons. The van der Waals surface area contributed by atoms with Gasteiger partial charge in [-0.3, -0.25) is 9.59 Å². The average Bonchev–Trinajstić information content (AvgIpc) is 2.66. The third-order valence-electron chi connectivity index (χ3n) is 4.91. The lowest BCUT2D eigenvalue weighted by Gasteiger charge is -2.36. The van der Waals surface area contributed by atoms with Crippen molar-refractivity contribution in [1.82, 2.24) is 10.2 Å². The van der Waals surface area contributed by atoms with Gasteiger partial charge in [-0.05, 0) is 49.9 Å². The maximum Gasteiger partial charge on any atom is 0.254 e. The number of carbonyl (C=O) groups excluding carboxylic acids is 2. The third kappa shape index (κ3) is 7.49. The van der Waals surface area contributed by atoms with Crippen LogP contribution in [0.2, 0.25) is 0 Å². The van der Waals surface area contributed by atoms with E-state index in [-0.39, 0.29) is 42.7 Å². The molecule has 1 unspecified atom stereocenters. The summed E-state index contributed by atoms with van der Waals surface area (Å²) < 4.78 is 0. The SMILES string of the molecule is CCCN(C)c1ccc(C(=O)N2CCCCC2CNC(=O)CCN)cc1.Cl.Cl. The summed E-state index contributed by atoms with van der Waals surface area (Å²) >= 11 is 0. The van der Waals surface area contributed by atoms with Crippen molar-refractivity contribution in [3.63, 3.8) is 0 Å². The Morgan fingerprint density at radius 2 is 1.89 bits per heavy atom. The average molecular weight is 433 g/mol. The first-order valence-electron chi connectivity index (χ1n) is 9.65. The minimum Gasteiger partial charge on any atom is -0.375 e. The number of hydrogen-bond acceptors (Lipinski definition) is 4. The number of rotatable bonds is 8. The maximum atomic E-state index is 13.0.